The van der Waals surface area contributed by atoms with Gasteiger partial charge in [-0.2, -0.15) is 0 Å². The van der Waals surface area contributed by atoms with Crippen molar-refractivity contribution in [2.24, 2.45) is 0 Å². The van der Waals surface area contributed by atoms with Gasteiger partial charge in [0.1, 0.15) is 13.2 Å². The molecule has 0 spiro atoms. The van der Waals surface area contributed by atoms with Gasteiger partial charge in [-0.25, -0.2) is 4.79 Å². The minimum Gasteiger partial charge on any atom is -0.486 e. The molecule has 2 aromatic carbocycles. The summed E-state index contributed by atoms with van der Waals surface area (Å²) in [5, 5.41) is 2.98. The number of benzene rings is 2. The van der Waals surface area contributed by atoms with Crippen molar-refractivity contribution < 1.29 is 14.3 Å². The molecule has 1 unspecified atom stereocenters. The zero-order chi connectivity index (χ0) is 16.4. The van der Waals surface area contributed by atoms with E-state index < -0.39 is 0 Å². The summed E-state index contributed by atoms with van der Waals surface area (Å²) >= 11 is 0. The molecule has 5 nitrogen and oxygen atoms in total. The second-order valence-electron chi connectivity index (χ2n) is 6.05. The van der Waals surface area contributed by atoms with Gasteiger partial charge in [0.15, 0.2) is 11.5 Å². The lowest BCUT2D eigenvalue weighted by Crippen LogP contribution is -2.34. The Labute approximate surface area is 141 Å². The van der Waals surface area contributed by atoms with Gasteiger partial charge >= 0.3 is 6.03 Å². The maximum atomic E-state index is 12.6. The molecular weight excluding hydrogens is 304 g/mol. The van der Waals surface area contributed by atoms with E-state index in [1.807, 2.05) is 53.4 Å². The molecule has 2 amide bonds. The van der Waals surface area contributed by atoms with Crippen LogP contribution >= 0.6 is 0 Å². The second kappa shape index (κ2) is 6.43. The summed E-state index contributed by atoms with van der Waals surface area (Å²) in [5.41, 5.74) is 1.91. The number of nitrogens with zero attached hydrogens (tertiary/aromatic N) is 1. The molecule has 0 bridgehead atoms. The molecule has 0 saturated carbocycles. The smallest absolute Gasteiger partial charge is 0.322 e. The topological polar surface area (TPSA) is 50.8 Å². The molecule has 2 aliphatic rings. The van der Waals surface area contributed by atoms with Gasteiger partial charge in [0.2, 0.25) is 0 Å². The van der Waals surface area contributed by atoms with E-state index in [1.54, 1.807) is 0 Å². The van der Waals surface area contributed by atoms with Crippen LogP contribution < -0.4 is 14.8 Å². The lowest BCUT2D eigenvalue weighted by atomic mass is 10.0. The molecule has 1 saturated heterocycles. The van der Waals surface area contributed by atoms with Crippen molar-refractivity contribution in [2.45, 2.75) is 18.9 Å². The van der Waals surface area contributed by atoms with E-state index in [-0.39, 0.29) is 12.1 Å². The van der Waals surface area contributed by atoms with E-state index in [1.165, 1.54) is 0 Å². The first kappa shape index (κ1) is 14.9. The van der Waals surface area contributed by atoms with Crippen LogP contribution in [0.5, 0.6) is 11.5 Å². The van der Waals surface area contributed by atoms with Crippen LogP contribution in [0.25, 0.3) is 0 Å². The number of nitrogens with one attached hydrogen (secondary N) is 1. The van der Waals surface area contributed by atoms with Gasteiger partial charge in [-0.05, 0) is 42.7 Å². The minimum atomic E-state index is -0.0569. The van der Waals surface area contributed by atoms with Crippen molar-refractivity contribution in [3.05, 3.63) is 54.1 Å². The standard InChI is InChI=1S/C19H20N2O3/c22-19(20-15-5-2-1-3-6-15)21-10-4-7-16(21)14-8-9-17-18(13-14)24-12-11-23-17/h1-3,5-6,8-9,13,16H,4,7,10-12H2,(H,20,22). The first-order valence-corrected chi connectivity index (χ1v) is 8.33. The molecule has 1 N–H and O–H groups in total. The minimum absolute atomic E-state index is 0.0569. The molecule has 4 rings (SSSR count). The highest BCUT2D eigenvalue weighted by Crippen LogP contribution is 2.38. The molecule has 0 radical (unpaired) electrons. The third kappa shape index (κ3) is 2.89. The summed E-state index contributed by atoms with van der Waals surface area (Å²) in [6, 6.07) is 15.6. The summed E-state index contributed by atoms with van der Waals surface area (Å²) in [7, 11) is 0. The highest BCUT2D eigenvalue weighted by Gasteiger charge is 2.31. The van der Waals surface area contributed by atoms with E-state index in [0.717, 1.165) is 42.1 Å². The van der Waals surface area contributed by atoms with Crippen LogP contribution in [0.2, 0.25) is 0 Å². The molecule has 124 valence electrons. The SMILES string of the molecule is O=C(Nc1ccccc1)N1CCCC1c1ccc2c(c1)OCCO2. The zero-order valence-electron chi connectivity index (χ0n) is 13.4. The second-order valence-corrected chi connectivity index (χ2v) is 6.05. The predicted molar refractivity (Wildman–Crippen MR) is 91.6 cm³/mol. The molecule has 1 atom stereocenters. The van der Waals surface area contributed by atoms with Gasteiger partial charge in [0.25, 0.3) is 0 Å². The van der Waals surface area contributed by atoms with Gasteiger partial charge in [0, 0.05) is 12.2 Å². The first-order valence-electron chi connectivity index (χ1n) is 8.33. The van der Waals surface area contributed by atoms with Gasteiger partial charge in [-0.1, -0.05) is 24.3 Å². The molecule has 0 aromatic heterocycles. The van der Waals surface area contributed by atoms with Crippen molar-refractivity contribution >= 4 is 11.7 Å². The van der Waals surface area contributed by atoms with Crippen molar-refractivity contribution in [1.82, 2.24) is 4.90 Å². The van der Waals surface area contributed by atoms with Crippen molar-refractivity contribution in [2.75, 3.05) is 25.1 Å². The Kier molecular flexibility index (Phi) is 3.99. The maximum absolute atomic E-state index is 12.6. The van der Waals surface area contributed by atoms with E-state index in [2.05, 4.69) is 5.32 Å². The Balaban J connectivity index is 1.53. The van der Waals surface area contributed by atoms with Crippen LogP contribution in [0.15, 0.2) is 48.5 Å². The lowest BCUT2D eigenvalue weighted by molar-refractivity contribution is 0.170. The molecule has 1 fully saturated rings. The Morgan fingerprint density at radius 2 is 1.83 bits per heavy atom. The number of fused-ring (bicyclic) bond motifs is 1. The fraction of sp³-hybridized carbons (Fsp3) is 0.316. The highest BCUT2D eigenvalue weighted by molar-refractivity contribution is 5.89. The van der Waals surface area contributed by atoms with Gasteiger partial charge in [-0.3, -0.25) is 0 Å². The summed E-state index contributed by atoms with van der Waals surface area (Å²) < 4.78 is 11.2. The summed E-state index contributed by atoms with van der Waals surface area (Å²) in [5.74, 6) is 1.55. The number of para-hydroxylation sites is 1. The monoisotopic (exact) mass is 324 g/mol. The normalized spacial score (nSPS) is 19.2. The van der Waals surface area contributed by atoms with E-state index in [4.69, 9.17) is 9.47 Å². The average Bonchev–Trinajstić information content (AvgIpc) is 3.12. The largest absolute Gasteiger partial charge is 0.486 e. The average molecular weight is 324 g/mol. The van der Waals surface area contributed by atoms with Gasteiger partial charge < -0.3 is 19.7 Å². The third-order valence-electron chi connectivity index (χ3n) is 4.49. The summed E-state index contributed by atoms with van der Waals surface area (Å²) in [6.45, 7) is 1.92. The van der Waals surface area contributed by atoms with E-state index >= 15 is 0 Å². The van der Waals surface area contributed by atoms with Crippen molar-refractivity contribution in [3.8, 4) is 11.5 Å². The van der Waals surface area contributed by atoms with Crippen LogP contribution in [0.1, 0.15) is 24.4 Å². The van der Waals surface area contributed by atoms with Crippen LogP contribution in [0, 0.1) is 0 Å². The number of carbonyl (C=O) groups excluding carboxylic acids is 1. The number of hydrogen-bond acceptors (Lipinski definition) is 3. The Hall–Kier alpha value is -2.69. The third-order valence-corrected chi connectivity index (χ3v) is 4.49. The first-order chi connectivity index (χ1) is 11.8. The number of hydrogen-bond donors (Lipinski definition) is 1. The maximum Gasteiger partial charge on any atom is 0.322 e. The Morgan fingerprint density at radius 3 is 2.67 bits per heavy atom. The molecular formula is C19H20N2O3. The van der Waals surface area contributed by atoms with Gasteiger partial charge in [-0.15, -0.1) is 0 Å². The molecule has 5 heteroatoms. The number of rotatable bonds is 2. The van der Waals surface area contributed by atoms with Crippen LogP contribution in [0.3, 0.4) is 0 Å². The molecule has 2 aliphatic heterocycles. The Bertz CT molecular complexity index is 733. The molecule has 2 heterocycles. The summed E-state index contributed by atoms with van der Waals surface area (Å²) in [4.78, 5) is 14.5. The number of urea groups is 1. The number of ether oxygens (including phenoxy) is 2. The van der Waals surface area contributed by atoms with Crippen LogP contribution in [-0.2, 0) is 0 Å². The zero-order valence-corrected chi connectivity index (χ0v) is 13.4. The molecule has 0 aliphatic carbocycles. The van der Waals surface area contributed by atoms with Crippen LogP contribution in [0.4, 0.5) is 10.5 Å². The number of amides is 2. The Morgan fingerprint density at radius 1 is 1.04 bits per heavy atom. The molecule has 24 heavy (non-hydrogen) atoms. The van der Waals surface area contributed by atoms with Crippen LogP contribution in [-0.4, -0.2) is 30.7 Å². The lowest BCUT2D eigenvalue weighted by Gasteiger charge is -2.27. The van der Waals surface area contributed by atoms with E-state index in [9.17, 15) is 4.79 Å². The fourth-order valence-corrected chi connectivity index (χ4v) is 3.34. The summed E-state index contributed by atoms with van der Waals surface area (Å²) in [6.07, 6.45) is 1.96. The number of carbonyl (C=O) groups is 1. The number of likely N-dealkylation sites (tertiary alicyclic amines) is 1. The molecule has 2 aromatic rings. The van der Waals surface area contributed by atoms with Gasteiger partial charge in [0.05, 0.1) is 6.04 Å². The van der Waals surface area contributed by atoms with E-state index in [0.29, 0.717) is 13.2 Å². The highest BCUT2D eigenvalue weighted by atomic mass is 16.6. The fourth-order valence-electron chi connectivity index (χ4n) is 3.34. The number of anilines is 1. The van der Waals surface area contributed by atoms with Crippen molar-refractivity contribution in [1.29, 1.82) is 0 Å². The van der Waals surface area contributed by atoms with Crippen molar-refractivity contribution in [3.63, 3.8) is 0 Å². The quantitative estimate of drug-likeness (QED) is 0.913. The predicted octanol–water partition coefficient (Wildman–Crippen LogP) is 3.83.